The average Bonchev–Trinajstić information content (AvgIpc) is 2.36. The van der Waals surface area contributed by atoms with Crippen LogP contribution in [0.2, 0.25) is 0 Å². The molecule has 0 aromatic carbocycles. The van der Waals surface area contributed by atoms with Crippen LogP contribution < -0.4 is 5.32 Å². The Hall–Kier alpha value is -1.57. The van der Waals surface area contributed by atoms with Gasteiger partial charge in [-0.15, -0.1) is 0 Å². The van der Waals surface area contributed by atoms with Gasteiger partial charge in [-0.1, -0.05) is 6.08 Å². The molecule has 0 radical (unpaired) electrons. The topological polar surface area (TPSA) is 119 Å². The van der Waals surface area contributed by atoms with Crippen molar-refractivity contribution in [1.29, 1.82) is 0 Å². The number of hydrogen-bond acceptors (Lipinski definition) is 6. The van der Waals surface area contributed by atoms with Crippen molar-refractivity contribution in [3.8, 4) is 0 Å². The van der Waals surface area contributed by atoms with Gasteiger partial charge >= 0.3 is 5.97 Å². The van der Waals surface area contributed by atoms with E-state index < -0.39 is 18.2 Å². The minimum atomic E-state index is -1.39. The third-order valence-electron chi connectivity index (χ3n) is 2.88. The van der Waals surface area contributed by atoms with Gasteiger partial charge in [0.25, 0.3) is 0 Å². The van der Waals surface area contributed by atoms with Gasteiger partial charge in [0.05, 0.1) is 31.6 Å². The first-order valence-electron chi connectivity index (χ1n) is 5.82. The minimum Gasteiger partial charge on any atom is -0.495 e. The molecule has 7 heteroatoms. The van der Waals surface area contributed by atoms with E-state index in [-0.39, 0.29) is 26.0 Å². The molecule has 0 aromatic rings. The molecule has 0 bridgehead atoms. The second kappa shape index (κ2) is 6.55. The lowest BCUT2D eigenvalue weighted by molar-refractivity contribution is -0.135. The summed E-state index contributed by atoms with van der Waals surface area (Å²) in [6, 6.07) is 0. The quantitative estimate of drug-likeness (QED) is 0.419. The van der Waals surface area contributed by atoms with Crippen LogP contribution in [0.15, 0.2) is 23.1 Å². The zero-order chi connectivity index (χ0) is 14.5. The van der Waals surface area contributed by atoms with Crippen LogP contribution in [0.25, 0.3) is 0 Å². The third kappa shape index (κ3) is 3.95. The minimum absolute atomic E-state index is 0.0583. The number of hydrogen-bond donors (Lipinski definition) is 5. The van der Waals surface area contributed by atoms with Gasteiger partial charge in [-0.25, -0.2) is 0 Å². The summed E-state index contributed by atoms with van der Waals surface area (Å²) in [5.74, 6) is -0.651. The molecule has 0 aliphatic heterocycles. The van der Waals surface area contributed by atoms with Gasteiger partial charge in [0.2, 0.25) is 0 Å². The van der Waals surface area contributed by atoms with Gasteiger partial charge in [-0.2, -0.15) is 0 Å². The van der Waals surface area contributed by atoms with Crippen LogP contribution in [-0.2, 0) is 9.53 Å². The van der Waals surface area contributed by atoms with Crippen molar-refractivity contribution in [2.24, 2.45) is 0 Å². The average molecular weight is 273 g/mol. The lowest BCUT2D eigenvalue weighted by atomic mass is 9.83. The predicted octanol–water partition coefficient (Wildman–Crippen LogP) is -1.05. The van der Waals surface area contributed by atoms with E-state index in [2.05, 4.69) is 5.32 Å². The molecule has 0 saturated carbocycles. The number of aliphatic hydroxyl groups is 3. The Balaban J connectivity index is 3.08. The number of aliphatic carboxylic acids is 1. The summed E-state index contributed by atoms with van der Waals surface area (Å²) in [4.78, 5) is 10.6. The van der Waals surface area contributed by atoms with E-state index in [1.165, 1.54) is 13.2 Å². The molecular formula is C12H19NO6. The van der Waals surface area contributed by atoms with Gasteiger partial charge < -0.3 is 30.5 Å². The standard InChI is InChI=1S/C12H19NO6/c1-19-11-8(2-3-14)4-12(18,7-15)5-9(11)13-6-10(16)17/h2,13-15,18H,3-7H2,1H3,(H,16,17)/b8-2+. The highest BCUT2D eigenvalue weighted by atomic mass is 16.5. The summed E-state index contributed by atoms with van der Waals surface area (Å²) >= 11 is 0. The maximum Gasteiger partial charge on any atom is 0.322 e. The number of nitrogens with one attached hydrogen (secondary N) is 1. The van der Waals surface area contributed by atoms with Gasteiger partial charge in [0.1, 0.15) is 12.3 Å². The maximum atomic E-state index is 10.6. The number of methoxy groups -OCH3 is 1. The zero-order valence-corrected chi connectivity index (χ0v) is 10.7. The van der Waals surface area contributed by atoms with Crippen LogP contribution in [-0.4, -0.2) is 58.9 Å². The molecule has 1 unspecified atom stereocenters. The van der Waals surface area contributed by atoms with E-state index in [0.717, 1.165) is 0 Å². The van der Waals surface area contributed by atoms with Crippen molar-refractivity contribution in [2.45, 2.75) is 18.4 Å². The van der Waals surface area contributed by atoms with E-state index in [1.54, 1.807) is 0 Å². The Bertz CT molecular complexity index is 403. The molecule has 5 N–H and O–H groups in total. The molecule has 0 spiro atoms. The highest BCUT2D eigenvalue weighted by Crippen LogP contribution is 2.35. The summed E-state index contributed by atoms with van der Waals surface area (Å²) in [5, 5.41) is 39.7. The summed E-state index contributed by atoms with van der Waals surface area (Å²) in [5.41, 5.74) is -0.461. The number of carboxylic acid groups (broad SMARTS) is 1. The highest BCUT2D eigenvalue weighted by Gasteiger charge is 2.36. The van der Waals surface area contributed by atoms with E-state index >= 15 is 0 Å². The van der Waals surface area contributed by atoms with Crippen LogP contribution >= 0.6 is 0 Å². The van der Waals surface area contributed by atoms with E-state index in [4.69, 9.17) is 14.9 Å². The molecule has 1 rings (SSSR count). The summed E-state index contributed by atoms with van der Waals surface area (Å²) in [6.45, 7) is -1.03. The third-order valence-corrected chi connectivity index (χ3v) is 2.88. The lowest BCUT2D eigenvalue weighted by Crippen LogP contribution is -2.41. The number of carboxylic acids is 1. The number of ether oxygens (including phenoxy) is 1. The van der Waals surface area contributed by atoms with E-state index in [1.807, 2.05) is 0 Å². The molecule has 0 heterocycles. The van der Waals surface area contributed by atoms with Crippen LogP contribution in [0, 0.1) is 0 Å². The van der Waals surface area contributed by atoms with Crippen molar-refractivity contribution in [1.82, 2.24) is 5.32 Å². The molecule has 1 aliphatic carbocycles. The predicted molar refractivity (Wildman–Crippen MR) is 66.1 cm³/mol. The van der Waals surface area contributed by atoms with Gasteiger partial charge in [-0.05, 0) is 5.57 Å². The SMILES string of the molecule is COC1=C(NCC(=O)O)CC(O)(CO)C/C1=C\CO. The largest absolute Gasteiger partial charge is 0.495 e. The Morgan fingerprint density at radius 3 is 2.63 bits per heavy atom. The Morgan fingerprint density at radius 2 is 2.16 bits per heavy atom. The molecule has 0 amide bonds. The number of rotatable bonds is 6. The molecule has 1 atom stereocenters. The molecule has 19 heavy (non-hydrogen) atoms. The number of aliphatic hydroxyl groups excluding tert-OH is 2. The van der Waals surface area contributed by atoms with Crippen molar-refractivity contribution in [3.63, 3.8) is 0 Å². The zero-order valence-electron chi connectivity index (χ0n) is 10.7. The molecular weight excluding hydrogens is 254 g/mol. The second-order valence-electron chi connectivity index (χ2n) is 4.41. The van der Waals surface area contributed by atoms with Crippen LogP contribution in [0.4, 0.5) is 0 Å². The number of carbonyl (C=O) groups is 1. The fourth-order valence-corrected chi connectivity index (χ4v) is 2.07. The first-order chi connectivity index (χ1) is 8.95. The van der Waals surface area contributed by atoms with Crippen molar-refractivity contribution in [3.05, 3.63) is 23.1 Å². The summed E-state index contributed by atoms with van der Waals surface area (Å²) in [6.07, 6.45) is 1.65. The lowest BCUT2D eigenvalue weighted by Gasteiger charge is -2.34. The molecule has 108 valence electrons. The van der Waals surface area contributed by atoms with E-state index in [9.17, 15) is 15.0 Å². The smallest absolute Gasteiger partial charge is 0.322 e. The fourth-order valence-electron chi connectivity index (χ4n) is 2.07. The maximum absolute atomic E-state index is 10.6. The van der Waals surface area contributed by atoms with Gasteiger partial charge in [-0.3, -0.25) is 4.79 Å². The highest BCUT2D eigenvalue weighted by molar-refractivity contribution is 5.69. The first kappa shape index (κ1) is 15.5. The van der Waals surface area contributed by atoms with Crippen molar-refractivity contribution in [2.75, 3.05) is 26.9 Å². The fraction of sp³-hybridized carbons (Fsp3) is 0.583. The normalized spacial score (nSPS) is 25.6. The Morgan fingerprint density at radius 1 is 1.47 bits per heavy atom. The second-order valence-corrected chi connectivity index (χ2v) is 4.41. The molecule has 1 aliphatic rings. The summed E-state index contributed by atoms with van der Waals surface area (Å²) < 4.78 is 5.19. The Kier molecular flexibility index (Phi) is 5.34. The molecule has 0 aromatic heterocycles. The molecule has 0 saturated heterocycles. The van der Waals surface area contributed by atoms with Crippen molar-refractivity contribution < 1.29 is 30.0 Å². The first-order valence-corrected chi connectivity index (χ1v) is 5.82. The molecule has 0 fully saturated rings. The van der Waals surface area contributed by atoms with Gasteiger partial charge in [0, 0.05) is 12.8 Å². The van der Waals surface area contributed by atoms with Gasteiger partial charge in [0.15, 0.2) is 0 Å². The molecule has 7 nitrogen and oxygen atoms in total. The summed E-state index contributed by atoms with van der Waals surface area (Å²) in [7, 11) is 1.42. The number of allylic oxidation sites excluding steroid dienone is 1. The van der Waals surface area contributed by atoms with E-state index in [0.29, 0.717) is 17.0 Å². The Labute approximate surface area is 110 Å². The van der Waals surface area contributed by atoms with Crippen LogP contribution in [0.3, 0.4) is 0 Å². The van der Waals surface area contributed by atoms with Crippen molar-refractivity contribution >= 4 is 5.97 Å². The van der Waals surface area contributed by atoms with Crippen LogP contribution in [0.5, 0.6) is 0 Å². The van der Waals surface area contributed by atoms with Crippen LogP contribution in [0.1, 0.15) is 12.8 Å². The monoisotopic (exact) mass is 273 g/mol.